The molecule has 1 aliphatic carbocycles. The second-order valence-electron chi connectivity index (χ2n) is 13.2. The fraction of sp³-hybridized carbons (Fsp3) is 0.600. The van der Waals surface area contributed by atoms with Crippen LogP contribution >= 0.6 is 0 Å². The van der Waals surface area contributed by atoms with Crippen molar-refractivity contribution in [3.8, 4) is 6.07 Å². The van der Waals surface area contributed by atoms with Crippen molar-refractivity contribution in [1.29, 1.82) is 5.26 Å². The maximum atomic E-state index is 14.3. The van der Waals surface area contributed by atoms with Crippen LogP contribution in [0.4, 0.5) is 17.6 Å². The van der Waals surface area contributed by atoms with Gasteiger partial charge in [0.15, 0.2) is 0 Å². The number of alkyl halides is 3. The number of nitriles is 1. The molecule has 2 heterocycles. The highest BCUT2D eigenvalue weighted by Gasteiger charge is 2.43. The standard InChI is InChI=1S/C35H43F4N3O2/c36-30-11-5-10-27(19-30)31-23-42(33(34(43)44)26-8-2-1-3-9-26)22-29(31)21-41-16-14-24(15-17-41)6-4-7-25-12-13-28(20-40)32(18-25)35(37,38)39/h5,10-13,18-19,24,26,29,31,33H,1-4,6-9,14-17,21-23H2,(H,43,44). The summed E-state index contributed by atoms with van der Waals surface area (Å²) in [5.41, 5.74) is 0.347. The van der Waals surface area contributed by atoms with Crippen LogP contribution in [0.3, 0.4) is 0 Å². The maximum absolute atomic E-state index is 14.3. The molecule has 0 spiro atoms. The average Bonchev–Trinajstić information content (AvgIpc) is 3.40. The summed E-state index contributed by atoms with van der Waals surface area (Å²) in [5, 5.41) is 19.3. The van der Waals surface area contributed by atoms with Crippen molar-refractivity contribution < 1.29 is 27.5 Å². The number of rotatable bonds is 10. The summed E-state index contributed by atoms with van der Waals surface area (Å²) in [6.07, 6.45) is 5.01. The number of hydrogen-bond acceptors (Lipinski definition) is 4. The van der Waals surface area contributed by atoms with Crippen molar-refractivity contribution in [3.63, 3.8) is 0 Å². The van der Waals surface area contributed by atoms with Crippen molar-refractivity contribution >= 4 is 5.97 Å². The summed E-state index contributed by atoms with van der Waals surface area (Å²) in [6.45, 7) is 4.02. The summed E-state index contributed by atoms with van der Waals surface area (Å²) in [7, 11) is 0. The predicted octanol–water partition coefficient (Wildman–Crippen LogP) is 7.50. The highest BCUT2D eigenvalue weighted by molar-refractivity contribution is 5.74. The summed E-state index contributed by atoms with van der Waals surface area (Å²) in [4.78, 5) is 17.1. The van der Waals surface area contributed by atoms with E-state index in [-0.39, 0.29) is 29.1 Å². The van der Waals surface area contributed by atoms with Crippen molar-refractivity contribution in [2.45, 2.75) is 82.3 Å². The topological polar surface area (TPSA) is 67.6 Å². The molecule has 1 N–H and O–H groups in total. The Labute approximate surface area is 257 Å². The van der Waals surface area contributed by atoms with Gasteiger partial charge in [0.1, 0.15) is 11.9 Å². The van der Waals surface area contributed by atoms with Gasteiger partial charge in [0.25, 0.3) is 0 Å². The minimum absolute atomic E-state index is 0.0721. The Bertz CT molecular complexity index is 1310. The summed E-state index contributed by atoms with van der Waals surface area (Å²) < 4.78 is 54.2. The van der Waals surface area contributed by atoms with Crippen molar-refractivity contribution in [2.24, 2.45) is 17.8 Å². The molecule has 0 aromatic heterocycles. The monoisotopic (exact) mass is 613 g/mol. The van der Waals surface area contributed by atoms with E-state index in [0.29, 0.717) is 31.0 Å². The Morgan fingerprint density at radius 1 is 1.02 bits per heavy atom. The number of hydrogen-bond donors (Lipinski definition) is 1. The average molecular weight is 614 g/mol. The molecular weight excluding hydrogens is 570 g/mol. The molecule has 0 amide bonds. The van der Waals surface area contributed by atoms with E-state index in [2.05, 4.69) is 9.80 Å². The molecular formula is C35H43F4N3O2. The first kappa shape index (κ1) is 32.4. The fourth-order valence-corrected chi connectivity index (χ4v) is 8.00. The number of nitrogens with zero attached hydrogens (tertiary/aromatic N) is 3. The van der Waals surface area contributed by atoms with Gasteiger partial charge in [-0.2, -0.15) is 18.4 Å². The largest absolute Gasteiger partial charge is 0.480 e. The Kier molecular flexibility index (Phi) is 10.6. The van der Waals surface area contributed by atoms with E-state index in [0.717, 1.165) is 82.6 Å². The van der Waals surface area contributed by atoms with Gasteiger partial charge >= 0.3 is 12.1 Å². The van der Waals surface area contributed by atoms with Gasteiger partial charge in [0, 0.05) is 25.6 Å². The number of carboxylic acids is 1. The van der Waals surface area contributed by atoms with Crippen LogP contribution in [-0.2, 0) is 17.4 Å². The smallest absolute Gasteiger partial charge is 0.417 e. The molecule has 3 atom stereocenters. The molecule has 2 aromatic rings. The van der Waals surface area contributed by atoms with Gasteiger partial charge < -0.3 is 10.0 Å². The number of halogens is 4. The second kappa shape index (κ2) is 14.4. The van der Waals surface area contributed by atoms with Crippen LogP contribution < -0.4 is 0 Å². The zero-order valence-corrected chi connectivity index (χ0v) is 25.2. The Balaban J connectivity index is 1.17. The molecule has 3 aliphatic rings. The van der Waals surface area contributed by atoms with Crippen LogP contribution in [0.1, 0.15) is 86.0 Å². The van der Waals surface area contributed by atoms with Crippen LogP contribution in [0.25, 0.3) is 0 Å². The van der Waals surface area contributed by atoms with Gasteiger partial charge in [0.05, 0.1) is 17.2 Å². The van der Waals surface area contributed by atoms with Gasteiger partial charge in [-0.3, -0.25) is 9.69 Å². The Morgan fingerprint density at radius 2 is 1.77 bits per heavy atom. The summed E-state index contributed by atoms with van der Waals surface area (Å²) >= 11 is 0. The Morgan fingerprint density at radius 3 is 2.43 bits per heavy atom. The number of carbonyl (C=O) groups is 1. The normalized spacial score (nSPS) is 23.4. The first-order chi connectivity index (χ1) is 21.1. The second-order valence-corrected chi connectivity index (χ2v) is 13.2. The van der Waals surface area contributed by atoms with E-state index in [4.69, 9.17) is 5.26 Å². The van der Waals surface area contributed by atoms with Gasteiger partial charge in [-0.1, -0.05) is 43.9 Å². The van der Waals surface area contributed by atoms with Crippen molar-refractivity contribution in [1.82, 2.24) is 9.80 Å². The van der Waals surface area contributed by atoms with E-state index in [9.17, 15) is 27.5 Å². The number of piperidine rings is 1. The highest BCUT2D eigenvalue weighted by Crippen LogP contribution is 2.39. The molecule has 238 valence electrons. The molecule has 9 heteroatoms. The van der Waals surface area contributed by atoms with Gasteiger partial charge in [0.2, 0.25) is 0 Å². The summed E-state index contributed by atoms with van der Waals surface area (Å²) in [6, 6.07) is 11.9. The molecule has 2 aromatic carbocycles. The van der Waals surface area contributed by atoms with Gasteiger partial charge in [-0.25, -0.2) is 4.39 Å². The third-order valence-electron chi connectivity index (χ3n) is 10.3. The zero-order valence-electron chi connectivity index (χ0n) is 25.2. The van der Waals surface area contributed by atoms with E-state index in [1.165, 1.54) is 18.6 Å². The molecule has 44 heavy (non-hydrogen) atoms. The minimum Gasteiger partial charge on any atom is -0.480 e. The molecule has 5 rings (SSSR count). The molecule has 0 radical (unpaired) electrons. The number of benzene rings is 2. The SMILES string of the molecule is N#Cc1ccc(CCCC2CCN(CC3CN(C(C(=O)O)C4CCCCC4)CC3c3cccc(F)c3)CC2)cc1C(F)(F)F. The molecule has 3 unspecified atom stereocenters. The number of aryl methyl sites for hydroxylation is 1. The number of aliphatic carboxylic acids is 1. The lowest BCUT2D eigenvalue weighted by molar-refractivity contribution is -0.145. The fourth-order valence-electron chi connectivity index (χ4n) is 8.00. The first-order valence-electron chi connectivity index (χ1n) is 16.2. The molecule has 3 fully saturated rings. The zero-order chi connectivity index (χ0) is 31.3. The predicted molar refractivity (Wildman–Crippen MR) is 160 cm³/mol. The van der Waals surface area contributed by atoms with Crippen LogP contribution in [0.15, 0.2) is 42.5 Å². The molecule has 1 saturated carbocycles. The maximum Gasteiger partial charge on any atom is 0.417 e. The van der Waals surface area contributed by atoms with Crippen LogP contribution in [-0.4, -0.2) is 59.6 Å². The lowest BCUT2D eigenvalue weighted by atomic mass is 9.83. The van der Waals surface area contributed by atoms with Crippen molar-refractivity contribution in [2.75, 3.05) is 32.7 Å². The van der Waals surface area contributed by atoms with Crippen LogP contribution in [0.5, 0.6) is 0 Å². The molecule has 5 nitrogen and oxygen atoms in total. The van der Waals surface area contributed by atoms with Crippen LogP contribution in [0.2, 0.25) is 0 Å². The lowest BCUT2D eigenvalue weighted by Gasteiger charge is -2.35. The molecule has 0 bridgehead atoms. The van der Waals surface area contributed by atoms with E-state index >= 15 is 0 Å². The van der Waals surface area contributed by atoms with Gasteiger partial charge in [-0.05, 0) is 105 Å². The minimum atomic E-state index is -4.54. The highest BCUT2D eigenvalue weighted by atomic mass is 19.4. The first-order valence-corrected chi connectivity index (χ1v) is 16.2. The summed E-state index contributed by atoms with van der Waals surface area (Å²) in [5.74, 6) is -0.0622. The number of carboxylic acid groups (broad SMARTS) is 1. The van der Waals surface area contributed by atoms with Crippen LogP contribution in [0, 0.1) is 34.9 Å². The van der Waals surface area contributed by atoms with Gasteiger partial charge in [-0.15, -0.1) is 0 Å². The number of likely N-dealkylation sites (tertiary alicyclic amines) is 2. The third-order valence-corrected chi connectivity index (χ3v) is 10.3. The molecule has 2 saturated heterocycles. The van der Waals surface area contributed by atoms with E-state index in [1.54, 1.807) is 24.3 Å². The van der Waals surface area contributed by atoms with E-state index in [1.807, 2.05) is 6.07 Å². The van der Waals surface area contributed by atoms with Crippen molar-refractivity contribution in [3.05, 3.63) is 70.5 Å². The molecule has 2 aliphatic heterocycles. The lowest BCUT2D eigenvalue weighted by Crippen LogP contribution is -2.46. The third kappa shape index (κ3) is 8.00. The quantitative estimate of drug-likeness (QED) is 0.281. The Hall–Kier alpha value is -2.96. The van der Waals surface area contributed by atoms with E-state index < -0.39 is 23.8 Å².